The summed E-state index contributed by atoms with van der Waals surface area (Å²) in [5, 5.41) is 3.93. The maximum absolute atomic E-state index is 14.3. The second-order valence-corrected chi connectivity index (χ2v) is 11.4. The fourth-order valence-electron chi connectivity index (χ4n) is 4.52. The molecule has 1 aliphatic carbocycles. The Morgan fingerprint density at radius 3 is 2.68 bits per heavy atom. The van der Waals surface area contributed by atoms with Crippen LogP contribution in [-0.4, -0.2) is 58.8 Å². The largest absolute Gasteiger partial charge is 0.488 e. The number of methoxy groups -OCH3 is 1. The molecule has 1 fully saturated rings. The number of aryl methyl sites for hydroxylation is 1. The van der Waals surface area contributed by atoms with Gasteiger partial charge in [-0.15, -0.1) is 11.3 Å². The molecule has 0 radical (unpaired) electrons. The van der Waals surface area contributed by atoms with Gasteiger partial charge in [-0.25, -0.2) is 23.9 Å². The second kappa shape index (κ2) is 11.1. The minimum atomic E-state index is -0.580. The van der Waals surface area contributed by atoms with Gasteiger partial charge in [-0.3, -0.25) is 0 Å². The number of aromatic nitrogens is 2. The van der Waals surface area contributed by atoms with Crippen LogP contribution in [0.1, 0.15) is 61.7 Å². The van der Waals surface area contributed by atoms with Gasteiger partial charge in [0.1, 0.15) is 45.1 Å². The number of rotatable bonds is 6. The van der Waals surface area contributed by atoms with Crippen LogP contribution in [0.5, 0.6) is 5.75 Å². The molecule has 1 N–H and O–H groups in total. The van der Waals surface area contributed by atoms with E-state index in [0.717, 1.165) is 19.3 Å². The summed E-state index contributed by atoms with van der Waals surface area (Å²) in [5.74, 6) is -0.0632. The van der Waals surface area contributed by atoms with Crippen LogP contribution in [0.15, 0.2) is 24.5 Å². The normalized spacial score (nSPS) is 17.7. The molecule has 1 saturated carbocycles. The highest BCUT2D eigenvalue weighted by atomic mass is 32.1. The molecule has 38 heavy (non-hydrogen) atoms. The maximum atomic E-state index is 14.3. The standard InChI is InChI=1S/C27H33FN4O5S/c1-15-21-23(29-14-30-24(21)38-22(15)25(33)35-6)31-19-11-10-16(28)12-20(19)36-18-9-7-8-17(13-18)32(5)26(34)37-27(2,3)4/h10-12,14,17-18H,7-9,13H2,1-6H3,(H,29,30,31). The maximum Gasteiger partial charge on any atom is 0.410 e. The van der Waals surface area contributed by atoms with Crippen LogP contribution in [0.25, 0.3) is 10.2 Å². The number of hydrogen-bond acceptors (Lipinski definition) is 9. The van der Waals surface area contributed by atoms with Crippen molar-refractivity contribution in [3.8, 4) is 5.75 Å². The number of thiophene rings is 1. The number of amides is 1. The van der Waals surface area contributed by atoms with E-state index < -0.39 is 17.4 Å². The quantitative estimate of drug-likeness (QED) is 0.365. The molecule has 9 nitrogen and oxygen atoms in total. The van der Waals surface area contributed by atoms with Crippen molar-refractivity contribution in [2.75, 3.05) is 19.5 Å². The molecule has 0 spiro atoms. The molecule has 3 aromatic rings. The van der Waals surface area contributed by atoms with E-state index in [9.17, 15) is 14.0 Å². The van der Waals surface area contributed by atoms with Crippen LogP contribution in [0.4, 0.5) is 20.7 Å². The lowest BCUT2D eigenvalue weighted by molar-refractivity contribution is 0.0117. The number of ether oxygens (including phenoxy) is 3. The Morgan fingerprint density at radius 2 is 1.97 bits per heavy atom. The fraction of sp³-hybridized carbons (Fsp3) is 0.481. The Labute approximate surface area is 225 Å². The van der Waals surface area contributed by atoms with Gasteiger partial charge >= 0.3 is 12.1 Å². The van der Waals surface area contributed by atoms with Gasteiger partial charge < -0.3 is 24.4 Å². The number of esters is 1. The molecule has 4 rings (SSSR count). The van der Waals surface area contributed by atoms with E-state index in [-0.39, 0.29) is 18.2 Å². The number of fused-ring (bicyclic) bond motifs is 1. The molecule has 1 amide bonds. The molecule has 204 valence electrons. The van der Waals surface area contributed by atoms with Gasteiger partial charge in [-0.05, 0) is 64.7 Å². The van der Waals surface area contributed by atoms with Crippen LogP contribution < -0.4 is 10.1 Å². The number of carbonyl (C=O) groups is 2. The average molecular weight is 545 g/mol. The van der Waals surface area contributed by atoms with Crippen molar-refractivity contribution >= 4 is 45.1 Å². The van der Waals surface area contributed by atoms with Crippen molar-refractivity contribution in [2.24, 2.45) is 0 Å². The summed E-state index contributed by atoms with van der Waals surface area (Å²) in [4.78, 5) is 36.2. The Kier molecular flexibility index (Phi) is 8.05. The molecular formula is C27H33FN4O5S. The fourth-order valence-corrected chi connectivity index (χ4v) is 5.59. The molecule has 11 heteroatoms. The van der Waals surface area contributed by atoms with Crippen molar-refractivity contribution in [3.63, 3.8) is 0 Å². The highest BCUT2D eigenvalue weighted by Gasteiger charge is 2.31. The molecule has 2 heterocycles. The minimum absolute atomic E-state index is 0.0553. The van der Waals surface area contributed by atoms with Crippen molar-refractivity contribution in [2.45, 2.75) is 71.1 Å². The van der Waals surface area contributed by atoms with Gasteiger partial charge in [0, 0.05) is 25.6 Å². The number of nitrogens with one attached hydrogen (secondary N) is 1. The molecule has 2 unspecified atom stereocenters. The van der Waals surface area contributed by atoms with E-state index in [2.05, 4.69) is 15.3 Å². The van der Waals surface area contributed by atoms with Crippen LogP contribution >= 0.6 is 11.3 Å². The average Bonchev–Trinajstić information content (AvgIpc) is 3.21. The molecule has 0 saturated heterocycles. The first-order valence-corrected chi connectivity index (χ1v) is 13.3. The zero-order valence-electron chi connectivity index (χ0n) is 22.5. The smallest absolute Gasteiger partial charge is 0.410 e. The molecule has 0 aliphatic heterocycles. The number of benzene rings is 1. The first-order valence-electron chi connectivity index (χ1n) is 12.5. The van der Waals surface area contributed by atoms with Crippen LogP contribution in [-0.2, 0) is 9.47 Å². The Balaban J connectivity index is 1.56. The minimum Gasteiger partial charge on any atom is -0.488 e. The Hall–Kier alpha value is -3.47. The number of nitrogens with zero attached hydrogens (tertiary/aromatic N) is 3. The molecule has 1 aromatic carbocycles. The van der Waals surface area contributed by atoms with Gasteiger partial charge in [0.2, 0.25) is 0 Å². The highest BCUT2D eigenvalue weighted by molar-refractivity contribution is 7.20. The summed E-state index contributed by atoms with van der Waals surface area (Å²) in [6.45, 7) is 7.32. The SMILES string of the molecule is COC(=O)c1sc2ncnc(Nc3ccc(F)cc3OC3CCCC(N(C)C(=O)OC(C)(C)C)C3)c2c1C. The second-order valence-electron chi connectivity index (χ2n) is 10.4. The van der Waals surface area contributed by atoms with E-state index in [1.807, 2.05) is 27.7 Å². The number of anilines is 2. The molecular weight excluding hydrogens is 511 g/mol. The van der Waals surface area contributed by atoms with E-state index in [0.29, 0.717) is 44.3 Å². The summed E-state index contributed by atoms with van der Waals surface area (Å²) >= 11 is 1.23. The van der Waals surface area contributed by atoms with E-state index in [1.54, 1.807) is 18.0 Å². The van der Waals surface area contributed by atoms with E-state index in [4.69, 9.17) is 14.2 Å². The van der Waals surface area contributed by atoms with Crippen molar-refractivity contribution in [1.82, 2.24) is 14.9 Å². The summed E-state index contributed by atoms with van der Waals surface area (Å²) in [6, 6.07) is 4.21. The summed E-state index contributed by atoms with van der Waals surface area (Å²) in [6.07, 6.45) is 3.87. The number of halogens is 1. The third-order valence-corrected chi connectivity index (χ3v) is 7.60. The first kappa shape index (κ1) is 27.6. The van der Waals surface area contributed by atoms with Crippen LogP contribution in [0, 0.1) is 12.7 Å². The van der Waals surface area contributed by atoms with Crippen molar-refractivity contribution in [1.29, 1.82) is 0 Å². The van der Waals surface area contributed by atoms with Gasteiger partial charge in [0.15, 0.2) is 0 Å². The summed E-state index contributed by atoms with van der Waals surface area (Å²) in [5.41, 5.74) is 0.646. The predicted molar refractivity (Wildman–Crippen MR) is 144 cm³/mol. The lowest BCUT2D eigenvalue weighted by atomic mass is 9.92. The van der Waals surface area contributed by atoms with E-state index >= 15 is 0 Å². The molecule has 2 aromatic heterocycles. The molecule has 0 bridgehead atoms. The van der Waals surface area contributed by atoms with Gasteiger partial charge in [0.25, 0.3) is 0 Å². The predicted octanol–water partition coefficient (Wildman–Crippen LogP) is 6.23. The Morgan fingerprint density at radius 1 is 1.21 bits per heavy atom. The summed E-state index contributed by atoms with van der Waals surface area (Å²) in [7, 11) is 3.07. The highest BCUT2D eigenvalue weighted by Crippen LogP contribution is 2.38. The number of hydrogen-bond donors (Lipinski definition) is 1. The molecule has 1 aliphatic rings. The third-order valence-electron chi connectivity index (χ3n) is 6.42. The summed E-state index contributed by atoms with van der Waals surface area (Å²) < 4.78 is 31.0. The monoisotopic (exact) mass is 544 g/mol. The van der Waals surface area contributed by atoms with Gasteiger partial charge in [-0.1, -0.05) is 0 Å². The zero-order valence-corrected chi connectivity index (χ0v) is 23.3. The topological polar surface area (TPSA) is 103 Å². The van der Waals surface area contributed by atoms with Gasteiger partial charge in [-0.2, -0.15) is 0 Å². The molecule has 2 atom stereocenters. The number of carbonyl (C=O) groups excluding carboxylic acids is 2. The van der Waals surface area contributed by atoms with Crippen molar-refractivity contribution in [3.05, 3.63) is 40.8 Å². The first-order chi connectivity index (χ1) is 18.0. The lowest BCUT2D eigenvalue weighted by Crippen LogP contribution is -2.44. The Bertz CT molecular complexity index is 1340. The van der Waals surface area contributed by atoms with Gasteiger partial charge in [0.05, 0.1) is 18.2 Å². The van der Waals surface area contributed by atoms with Crippen LogP contribution in [0.3, 0.4) is 0 Å². The third kappa shape index (κ3) is 6.15. The van der Waals surface area contributed by atoms with Crippen molar-refractivity contribution < 1.29 is 28.2 Å². The zero-order chi connectivity index (χ0) is 27.6. The van der Waals surface area contributed by atoms with Crippen LogP contribution in [0.2, 0.25) is 0 Å². The van der Waals surface area contributed by atoms with E-state index in [1.165, 1.54) is 36.9 Å². The lowest BCUT2D eigenvalue weighted by Gasteiger charge is -2.36.